The summed E-state index contributed by atoms with van der Waals surface area (Å²) in [5.41, 5.74) is 1.77. The maximum absolute atomic E-state index is 13.3. The Morgan fingerprint density at radius 2 is 1.61 bits per heavy atom. The van der Waals surface area contributed by atoms with Crippen molar-refractivity contribution in [2.24, 2.45) is 0 Å². The molecule has 1 amide bonds. The fourth-order valence-electron chi connectivity index (χ4n) is 3.92. The third-order valence-corrected chi connectivity index (χ3v) is 5.58. The van der Waals surface area contributed by atoms with Crippen LogP contribution >= 0.6 is 0 Å². The van der Waals surface area contributed by atoms with Gasteiger partial charge < -0.3 is 24.6 Å². The van der Waals surface area contributed by atoms with Crippen LogP contribution in [0.25, 0.3) is 10.8 Å². The first-order chi connectivity index (χ1) is 16.0. The lowest BCUT2D eigenvalue weighted by Gasteiger charge is -2.23. The molecule has 4 aromatic rings. The van der Waals surface area contributed by atoms with Crippen molar-refractivity contribution in [3.8, 4) is 23.0 Å². The van der Waals surface area contributed by atoms with Gasteiger partial charge in [-0.3, -0.25) is 4.79 Å². The van der Waals surface area contributed by atoms with Gasteiger partial charge in [-0.1, -0.05) is 42.5 Å². The van der Waals surface area contributed by atoms with Gasteiger partial charge in [0, 0.05) is 11.1 Å². The lowest BCUT2D eigenvalue weighted by molar-refractivity contribution is 0.0942. The third kappa shape index (κ3) is 4.41. The molecule has 0 bridgehead atoms. The molecule has 2 N–H and O–H groups in total. The number of ether oxygens (including phenoxy) is 3. The van der Waals surface area contributed by atoms with Crippen LogP contribution in [0, 0.1) is 0 Å². The molecule has 1 atom stereocenters. The van der Waals surface area contributed by atoms with Gasteiger partial charge in [0.1, 0.15) is 11.5 Å². The van der Waals surface area contributed by atoms with E-state index in [1.807, 2.05) is 36.4 Å². The molecular weight excluding hydrogens is 418 g/mol. The predicted molar refractivity (Wildman–Crippen MR) is 127 cm³/mol. The van der Waals surface area contributed by atoms with Crippen LogP contribution in [0.1, 0.15) is 27.5 Å². The Labute approximate surface area is 192 Å². The van der Waals surface area contributed by atoms with E-state index in [2.05, 4.69) is 5.32 Å². The van der Waals surface area contributed by atoms with E-state index in [0.717, 1.165) is 16.3 Å². The quantitative estimate of drug-likeness (QED) is 0.416. The molecule has 33 heavy (non-hydrogen) atoms. The summed E-state index contributed by atoms with van der Waals surface area (Å²) in [5, 5.41) is 15.8. The van der Waals surface area contributed by atoms with Gasteiger partial charge in [-0.25, -0.2) is 0 Å². The fraction of sp³-hybridized carbons (Fsp3) is 0.148. The number of hydrogen-bond acceptors (Lipinski definition) is 5. The minimum Gasteiger partial charge on any atom is -0.508 e. The number of carbonyl (C=O) groups is 1. The minimum atomic E-state index is -0.658. The summed E-state index contributed by atoms with van der Waals surface area (Å²) in [7, 11) is 4.68. The van der Waals surface area contributed by atoms with Crippen molar-refractivity contribution in [1.29, 1.82) is 0 Å². The Bertz CT molecular complexity index is 1300. The average molecular weight is 443 g/mol. The monoisotopic (exact) mass is 443 g/mol. The van der Waals surface area contributed by atoms with Crippen molar-refractivity contribution in [1.82, 2.24) is 5.32 Å². The van der Waals surface area contributed by atoms with E-state index in [-0.39, 0.29) is 11.7 Å². The molecule has 168 valence electrons. The number of hydrogen-bond donors (Lipinski definition) is 2. The molecule has 0 saturated heterocycles. The zero-order chi connectivity index (χ0) is 23.4. The van der Waals surface area contributed by atoms with Crippen molar-refractivity contribution in [2.45, 2.75) is 6.04 Å². The summed E-state index contributed by atoms with van der Waals surface area (Å²) >= 11 is 0. The smallest absolute Gasteiger partial charge is 0.252 e. The zero-order valence-electron chi connectivity index (χ0n) is 18.7. The van der Waals surface area contributed by atoms with Crippen LogP contribution in [0.2, 0.25) is 0 Å². The molecule has 0 unspecified atom stereocenters. The largest absolute Gasteiger partial charge is 0.508 e. The molecule has 0 aliphatic heterocycles. The Morgan fingerprint density at radius 1 is 0.818 bits per heavy atom. The number of amides is 1. The number of methoxy groups -OCH3 is 3. The molecule has 0 aromatic heterocycles. The van der Waals surface area contributed by atoms with E-state index in [4.69, 9.17) is 14.2 Å². The summed E-state index contributed by atoms with van der Waals surface area (Å²) in [6.45, 7) is 0. The number of aromatic hydroxyl groups is 1. The molecule has 0 radical (unpaired) electrons. The molecule has 6 heteroatoms. The fourth-order valence-corrected chi connectivity index (χ4v) is 3.92. The molecule has 0 aliphatic carbocycles. The van der Waals surface area contributed by atoms with Gasteiger partial charge in [0.15, 0.2) is 11.5 Å². The molecule has 4 rings (SSSR count). The lowest BCUT2D eigenvalue weighted by atomic mass is 9.92. The Balaban J connectivity index is 1.87. The SMILES string of the molecule is COc1cccc(C(=O)N[C@H](c2ccc(OC)c(OC)c2)c2c(O)ccc3ccccc23)c1. The molecule has 0 heterocycles. The Kier molecular flexibility index (Phi) is 6.36. The van der Waals surface area contributed by atoms with Gasteiger partial charge in [0.2, 0.25) is 0 Å². The van der Waals surface area contributed by atoms with E-state index in [9.17, 15) is 9.90 Å². The molecule has 0 fully saturated rings. The van der Waals surface area contributed by atoms with Crippen LogP contribution in [-0.4, -0.2) is 32.3 Å². The van der Waals surface area contributed by atoms with E-state index in [1.54, 1.807) is 63.8 Å². The van der Waals surface area contributed by atoms with E-state index in [0.29, 0.717) is 28.4 Å². The normalized spacial score (nSPS) is 11.6. The van der Waals surface area contributed by atoms with Gasteiger partial charge in [-0.2, -0.15) is 0 Å². The summed E-state index contributed by atoms with van der Waals surface area (Å²) in [5.74, 6) is 1.45. The van der Waals surface area contributed by atoms with E-state index in [1.165, 1.54) is 0 Å². The highest BCUT2D eigenvalue weighted by Crippen LogP contribution is 2.38. The van der Waals surface area contributed by atoms with Crippen LogP contribution in [0.3, 0.4) is 0 Å². The highest BCUT2D eigenvalue weighted by atomic mass is 16.5. The maximum atomic E-state index is 13.3. The number of fused-ring (bicyclic) bond motifs is 1. The Hall–Kier alpha value is -4.19. The maximum Gasteiger partial charge on any atom is 0.252 e. The third-order valence-electron chi connectivity index (χ3n) is 5.58. The summed E-state index contributed by atoms with van der Waals surface area (Å²) < 4.78 is 16.1. The van der Waals surface area contributed by atoms with Gasteiger partial charge >= 0.3 is 0 Å². The van der Waals surface area contributed by atoms with Gasteiger partial charge in [-0.05, 0) is 52.7 Å². The van der Waals surface area contributed by atoms with Crippen LogP contribution in [0.5, 0.6) is 23.0 Å². The zero-order valence-corrected chi connectivity index (χ0v) is 18.7. The van der Waals surface area contributed by atoms with Gasteiger partial charge in [-0.15, -0.1) is 0 Å². The molecule has 0 spiro atoms. The van der Waals surface area contributed by atoms with Crippen LogP contribution < -0.4 is 19.5 Å². The molecule has 4 aromatic carbocycles. The van der Waals surface area contributed by atoms with Crippen LogP contribution in [-0.2, 0) is 0 Å². The van der Waals surface area contributed by atoms with Crippen molar-refractivity contribution in [3.05, 3.63) is 95.6 Å². The van der Waals surface area contributed by atoms with E-state index < -0.39 is 6.04 Å². The number of nitrogens with one attached hydrogen (secondary N) is 1. The Morgan fingerprint density at radius 3 is 2.36 bits per heavy atom. The van der Waals surface area contributed by atoms with Crippen molar-refractivity contribution >= 4 is 16.7 Å². The van der Waals surface area contributed by atoms with Gasteiger partial charge in [0.05, 0.1) is 27.4 Å². The van der Waals surface area contributed by atoms with Gasteiger partial charge in [0.25, 0.3) is 5.91 Å². The summed E-state index contributed by atoms with van der Waals surface area (Å²) in [6, 6.07) is 22.9. The highest BCUT2D eigenvalue weighted by Gasteiger charge is 2.24. The number of phenolic OH excluding ortho intramolecular Hbond substituents is 1. The molecule has 0 saturated carbocycles. The first kappa shape index (κ1) is 22.0. The second-order valence-corrected chi connectivity index (χ2v) is 7.47. The molecule has 6 nitrogen and oxygen atoms in total. The molecular formula is C27H25NO5. The number of benzene rings is 4. The second kappa shape index (κ2) is 9.53. The van der Waals surface area contributed by atoms with E-state index >= 15 is 0 Å². The van der Waals surface area contributed by atoms with Crippen molar-refractivity contribution < 1.29 is 24.1 Å². The summed E-state index contributed by atoms with van der Waals surface area (Å²) in [6.07, 6.45) is 0. The average Bonchev–Trinajstić information content (AvgIpc) is 2.87. The van der Waals surface area contributed by atoms with Crippen molar-refractivity contribution in [2.75, 3.05) is 21.3 Å². The van der Waals surface area contributed by atoms with Crippen molar-refractivity contribution in [3.63, 3.8) is 0 Å². The first-order valence-corrected chi connectivity index (χ1v) is 10.4. The topological polar surface area (TPSA) is 77.0 Å². The van der Waals surface area contributed by atoms with Crippen LogP contribution in [0.15, 0.2) is 78.9 Å². The summed E-state index contributed by atoms with van der Waals surface area (Å²) in [4.78, 5) is 13.3. The standard InChI is InChI=1S/C27H25NO5/c1-31-20-9-6-8-19(15-20)27(30)28-26(18-12-14-23(32-2)24(16-18)33-3)25-21-10-5-4-7-17(21)11-13-22(25)29/h4-16,26,29H,1-3H3,(H,28,30)/t26-/m1/s1. The second-order valence-electron chi connectivity index (χ2n) is 7.47. The number of rotatable bonds is 7. The first-order valence-electron chi connectivity index (χ1n) is 10.4. The minimum absolute atomic E-state index is 0.0828. The predicted octanol–water partition coefficient (Wildman–Crippen LogP) is 5.09. The lowest BCUT2D eigenvalue weighted by Crippen LogP contribution is -2.29. The number of phenols is 1. The highest BCUT2D eigenvalue weighted by molar-refractivity contribution is 5.96. The molecule has 0 aliphatic rings. The number of carbonyl (C=O) groups excluding carboxylic acids is 1. The van der Waals surface area contributed by atoms with Crippen LogP contribution in [0.4, 0.5) is 0 Å².